The zero-order valence-corrected chi connectivity index (χ0v) is 10.8. The molecule has 0 bridgehead atoms. The van der Waals surface area contributed by atoms with Gasteiger partial charge in [0.2, 0.25) is 0 Å². The highest BCUT2D eigenvalue weighted by Gasteiger charge is 2.31. The second-order valence-corrected chi connectivity index (χ2v) is 5.20. The molecular formula is C12H18N4O3. The highest BCUT2D eigenvalue weighted by Crippen LogP contribution is 2.27. The van der Waals surface area contributed by atoms with Gasteiger partial charge in [-0.2, -0.15) is 0 Å². The van der Waals surface area contributed by atoms with E-state index in [1.165, 1.54) is 12.1 Å². The van der Waals surface area contributed by atoms with Crippen LogP contribution < -0.4 is 11.3 Å². The van der Waals surface area contributed by atoms with Crippen molar-refractivity contribution in [2.75, 3.05) is 18.5 Å². The molecule has 7 heteroatoms. The maximum Gasteiger partial charge on any atom is 0.269 e. The number of nitro groups is 1. The summed E-state index contributed by atoms with van der Waals surface area (Å²) in [6.45, 7) is 3.64. The lowest BCUT2D eigenvalue weighted by atomic mass is 10.1. The number of likely N-dealkylation sites (tertiary alicyclic amines) is 1. The Morgan fingerprint density at radius 1 is 1.63 bits per heavy atom. The Labute approximate surface area is 111 Å². The first-order valence-corrected chi connectivity index (χ1v) is 6.10. The van der Waals surface area contributed by atoms with Crippen LogP contribution in [0.3, 0.4) is 0 Å². The lowest BCUT2D eigenvalue weighted by Crippen LogP contribution is -2.29. The predicted molar refractivity (Wildman–Crippen MR) is 71.4 cm³/mol. The van der Waals surface area contributed by atoms with Crippen LogP contribution in [-0.4, -0.2) is 33.6 Å². The van der Waals surface area contributed by atoms with Crippen molar-refractivity contribution < 1.29 is 10.0 Å². The van der Waals surface area contributed by atoms with E-state index in [-0.39, 0.29) is 5.69 Å². The third-order valence-electron chi connectivity index (χ3n) is 3.38. The first kappa shape index (κ1) is 13.7. The number of benzene rings is 1. The summed E-state index contributed by atoms with van der Waals surface area (Å²) in [6.07, 6.45) is 0.702. The molecule has 4 N–H and O–H groups in total. The fraction of sp³-hybridized carbons (Fsp3) is 0.500. The summed E-state index contributed by atoms with van der Waals surface area (Å²) in [7, 11) is 0. The predicted octanol–water partition coefficient (Wildman–Crippen LogP) is 0.837. The van der Waals surface area contributed by atoms with E-state index in [4.69, 9.17) is 5.84 Å². The van der Waals surface area contributed by atoms with Crippen LogP contribution in [0.1, 0.15) is 18.9 Å². The quantitative estimate of drug-likeness (QED) is 0.423. The maximum absolute atomic E-state index is 10.8. The molecule has 1 aromatic rings. The van der Waals surface area contributed by atoms with Crippen LogP contribution in [0, 0.1) is 10.1 Å². The van der Waals surface area contributed by atoms with Crippen LogP contribution in [0.4, 0.5) is 11.4 Å². The van der Waals surface area contributed by atoms with Crippen LogP contribution in [0.25, 0.3) is 0 Å². The van der Waals surface area contributed by atoms with E-state index in [1.54, 1.807) is 13.0 Å². The van der Waals surface area contributed by atoms with Crippen LogP contribution in [-0.2, 0) is 6.54 Å². The smallest absolute Gasteiger partial charge is 0.269 e. The van der Waals surface area contributed by atoms with Crippen molar-refractivity contribution in [3.8, 4) is 0 Å². The minimum absolute atomic E-state index is 0.0416. The van der Waals surface area contributed by atoms with E-state index < -0.39 is 10.5 Å². The molecule has 1 saturated heterocycles. The lowest BCUT2D eigenvalue weighted by molar-refractivity contribution is -0.384. The Morgan fingerprint density at radius 3 is 2.89 bits per heavy atom. The van der Waals surface area contributed by atoms with E-state index in [0.29, 0.717) is 25.2 Å². The molecule has 1 atom stereocenters. The van der Waals surface area contributed by atoms with E-state index in [0.717, 1.165) is 12.1 Å². The molecule has 0 aromatic heterocycles. The number of anilines is 1. The summed E-state index contributed by atoms with van der Waals surface area (Å²) < 4.78 is 0. The van der Waals surface area contributed by atoms with Crippen LogP contribution >= 0.6 is 0 Å². The molecule has 104 valence electrons. The number of nitrogen functional groups attached to an aromatic ring is 1. The Morgan fingerprint density at radius 2 is 2.37 bits per heavy atom. The van der Waals surface area contributed by atoms with Gasteiger partial charge in [0.1, 0.15) is 0 Å². The third kappa shape index (κ3) is 3.19. The van der Waals surface area contributed by atoms with Crippen molar-refractivity contribution in [3.05, 3.63) is 33.9 Å². The molecule has 1 unspecified atom stereocenters. The molecule has 0 aliphatic carbocycles. The van der Waals surface area contributed by atoms with Crippen molar-refractivity contribution in [1.82, 2.24) is 4.90 Å². The number of aliphatic hydroxyl groups is 1. The molecule has 0 amide bonds. The van der Waals surface area contributed by atoms with E-state index in [2.05, 4.69) is 10.3 Å². The van der Waals surface area contributed by atoms with Crippen molar-refractivity contribution in [2.24, 2.45) is 5.84 Å². The Hall–Kier alpha value is -1.70. The van der Waals surface area contributed by atoms with Crippen molar-refractivity contribution >= 4 is 11.4 Å². The molecule has 1 heterocycles. The van der Waals surface area contributed by atoms with Gasteiger partial charge < -0.3 is 10.5 Å². The van der Waals surface area contributed by atoms with Crippen LogP contribution in [0.5, 0.6) is 0 Å². The average Bonchev–Trinajstić information content (AvgIpc) is 2.68. The fourth-order valence-corrected chi connectivity index (χ4v) is 2.38. The largest absolute Gasteiger partial charge is 0.389 e. The summed E-state index contributed by atoms with van der Waals surface area (Å²) in [5, 5.41) is 20.7. The normalized spacial score (nSPS) is 23.5. The molecule has 19 heavy (non-hydrogen) atoms. The number of nitrogens with two attached hydrogens (primary N) is 1. The number of hydrazine groups is 1. The zero-order valence-electron chi connectivity index (χ0n) is 10.8. The Bertz CT molecular complexity index is 490. The van der Waals surface area contributed by atoms with Gasteiger partial charge in [-0.3, -0.25) is 20.9 Å². The molecular weight excluding hydrogens is 248 g/mol. The van der Waals surface area contributed by atoms with Crippen molar-refractivity contribution in [3.63, 3.8) is 0 Å². The van der Waals surface area contributed by atoms with E-state index in [1.807, 2.05) is 0 Å². The molecule has 1 aliphatic heterocycles. The van der Waals surface area contributed by atoms with Gasteiger partial charge >= 0.3 is 0 Å². The second kappa shape index (κ2) is 5.12. The average molecular weight is 266 g/mol. The summed E-state index contributed by atoms with van der Waals surface area (Å²) in [6, 6.07) is 4.53. The summed E-state index contributed by atoms with van der Waals surface area (Å²) in [4.78, 5) is 12.4. The van der Waals surface area contributed by atoms with Gasteiger partial charge in [-0.1, -0.05) is 0 Å². The minimum atomic E-state index is -0.684. The van der Waals surface area contributed by atoms with Gasteiger partial charge in [0.15, 0.2) is 0 Å². The van der Waals surface area contributed by atoms with Gasteiger partial charge in [0, 0.05) is 31.8 Å². The van der Waals surface area contributed by atoms with Crippen LogP contribution in [0.15, 0.2) is 18.2 Å². The zero-order chi connectivity index (χ0) is 14.0. The molecule has 0 radical (unpaired) electrons. The highest BCUT2D eigenvalue weighted by molar-refractivity contribution is 5.55. The molecule has 7 nitrogen and oxygen atoms in total. The van der Waals surface area contributed by atoms with Gasteiger partial charge in [0.25, 0.3) is 5.69 Å². The molecule has 1 fully saturated rings. The standard InChI is InChI=1S/C12H18N4O3/c1-12(17)4-5-15(8-12)7-9-6-10(16(18)19)2-3-11(9)14-13/h2-3,6,14,17H,4-5,7-8,13H2,1H3. The second-order valence-electron chi connectivity index (χ2n) is 5.20. The summed E-state index contributed by atoms with van der Waals surface area (Å²) in [5.74, 6) is 5.42. The lowest BCUT2D eigenvalue weighted by Gasteiger charge is -2.20. The number of nitro benzene ring substituents is 1. The molecule has 0 spiro atoms. The summed E-state index contributed by atoms with van der Waals surface area (Å²) in [5.41, 5.74) is 3.33. The topological polar surface area (TPSA) is 105 Å². The SMILES string of the molecule is CC1(O)CCN(Cc2cc([N+](=O)[O-])ccc2NN)C1. The number of rotatable bonds is 4. The Kier molecular flexibility index (Phi) is 3.70. The number of β-amino-alcohol motifs (C(OH)–C–C–N with tert-alkyl or cyclic N) is 1. The monoisotopic (exact) mass is 266 g/mol. The summed E-state index contributed by atoms with van der Waals surface area (Å²) >= 11 is 0. The highest BCUT2D eigenvalue weighted by atomic mass is 16.6. The third-order valence-corrected chi connectivity index (χ3v) is 3.38. The Balaban J connectivity index is 2.18. The van der Waals surface area contributed by atoms with Gasteiger partial charge in [0.05, 0.1) is 16.2 Å². The maximum atomic E-state index is 10.8. The number of nitrogens with one attached hydrogen (secondary N) is 1. The number of hydrogen-bond donors (Lipinski definition) is 3. The van der Waals surface area contributed by atoms with Gasteiger partial charge in [-0.25, -0.2) is 0 Å². The first-order valence-electron chi connectivity index (χ1n) is 6.10. The fourth-order valence-electron chi connectivity index (χ4n) is 2.38. The first-order chi connectivity index (χ1) is 8.91. The number of nitrogens with zero attached hydrogens (tertiary/aromatic N) is 2. The van der Waals surface area contributed by atoms with E-state index in [9.17, 15) is 15.2 Å². The van der Waals surface area contributed by atoms with Crippen molar-refractivity contribution in [1.29, 1.82) is 0 Å². The van der Waals surface area contributed by atoms with E-state index >= 15 is 0 Å². The minimum Gasteiger partial charge on any atom is -0.389 e. The van der Waals surface area contributed by atoms with Gasteiger partial charge in [-0.15, -0.1) is 0 Å². The van der Waals surface area contributed by atoms with Gasteiger partial charge in [-0.05, 0) is 25.0 Å². The number of hydrogen-bond acceptors (Lipinski definition) is 6. The molecule has 1 aromatic carbocycles. The van der Waals surface area contributed by atoms with Crippen molar-refractivity contribution in [2.45, 2.75) is 25.5 Å². The molecule has 0 saturated carbocycles. The molecule has 1 aliphatic rings. The number of non-ortho nitro benzene ring substituents is 1. The molecule has 2 rings (SSSR count). The van der Waals surface area contributed by atoms with Crippen LogP contribution in [0.2, 0.25) is 0 Å².